The predicted molar refractivity (Wildman–Crippen MR) is 107 cm³/mol. The summed E-state index contributed by atoms with van der Waals surface area (Å²) in [6, 6.07) is 7.53. The van der Waals surface area contributed by atoms with Crippen LogP contribution in [0, 0.1) is 0 Å². The first kappa shape index (κ1) is 21.4. The highest BCUT2D eigenvalue weighted by atomic mass is 32.1. The molecule has 0 aliphatic heterocycles. The number of phenolic OH excluding ortho intramolecular Hbond substituents is 1. The zero-order valence-electron chi connectivity index (χ0n) is 16.2. The highest BCUT2D eigenvalue weighted by Gasteiger charge is 2.24. The van der Waals surface area contributed by atoms with Crippen molar-refractivity contribution in [1.29, 1.82) is 0 Å². The van der Waals surface area contributed by atoms with E-state index in [-0.39, 0.29) is 24.1 Å². The molecule has 8 heteroatoms. The van der Waals surface area contributed by atoms with Gasteiger partial charge in [0.15, 0.2) is 0 Å². The molecule has 1 aromatic heterocycles. The monoisotopic (exact) mass is 404 g/mol. The molecular formula is C20H24N2O5S. The molecule has 2 amide bonds. The molecular weight excluding hydrogens is 380 g/mol. The first-order chi connectivity index (χ1) is 13.2. The molecule has 0 fully saturated rings. The first-order valence-electron chi connectivity index (χ1n) is 8.81. The van der Waals surface area contributed by atoms with Crippen LogP contribution in [0.1, 0.15) is 57.2 Å². The lowest BCUT2D eigenvalue weighted by Crippen LogP contribution is -2.39. The van der Waals surface area contributed by atoms with Crippen molar-refractivity contribution in [2.75, 3.05) is 7.11 Å². The van der Waals surface area contributed by atoms with Gasteiger partial charge in [-0.25, -0.2) is 4.79 Å². The van der Waals surface area contributed by atoms with Crippen LogP contribution in [0.3, 0.4) is 0 Å². The van der Waals surface area contributed by atoms with E-state index in [0.29, 0.717) is 9.75 Å². The van der Waals surface area contributed by atoms with Gasteiger partial charge in [-0.15, -0.1) is 11.3 Å². The number of methoxy groups -OCH3 is 1. The fraction of sp³-hybridized carbons (Fsp3) is 0.350. The van der Waals surface area contributed by atoms with Crippen LogP contribution < -0.4 is 10.6 Å². The Morgan fingerprint density at radius 2 is 1.86 bits per heavy atom. The SMILES string of the molecule is COC(=O)C(C)NC(=O)c1sc(C(=O)NCc2cccc(O)c2)cc1C(C)C. The lowest BCUT2D eigenvalue weighted by atomic mass is 10.0. The quantitative estimate of drug-likeness (QED) is 0.616. The predicted octanol–water partition coefficient (Wildman–Crippen LogP) is 2.80. The lowest BCUT2D eigenvalue weighted by molar-refractivity contribution is -0.142. The second-order valence-electron chi connectivity index (χ2n) is 6.62. The number of ether oxygens (including phenoxy) is 1. The third-order valence-electron chi connectivity index (χ3n) is 4.08. The lowest BCUT2D eigenvalue weighted by Gasteiger charge is -2.12. The number of esters is 1. The van der Waals surface area contributed by atoms with E-state index >= 15 is 0 Å². The smallest absolute Gasteiger partial charge is 0.328 e. The number of nitrogens with one attached hydrogen (secondary N) is 2. The van der Waals surface area contributed by atoms with Gasteiger partial charge in [-0.1, -0.05) is 26.0 Å². The van der Waals surface area contributed by atoms with Crippen molar-refractivity contribution in [1.82, 2.24) is 10.6 Å². The van der Waals surface area contributed by atoms with Gasteiger partial charge in [0.1, 0.15) is 11.8 Å². The first-order valence-corrected chi connectivity index (χ1v) is 9.63. The van der Waals surface area contributed by atoms with Crippen molar-refractivity contribution < 1.29 is 24.2 Å². The highest BCUT2D eigenvalue weighted by molar-refractivity contribution is 7.16. The molecule has 1 atom stereocenters. The van der Waals surface area contributed by atoms with Crippen LogP contribution in [0.2, 0.25) is 0 Å². The molecule has 0 aliphatic carbocycles. The fourth-order valence-electron chi connectivity index (χ4n) is 2.56. The number of rotatable bonds is 7. The summed E-state index contributed by atoms with van der Waals surface area (Å²) in [5.74, 6) is -1.12. The molecule has 2 aromatic rings. The summed E-state index contributed by atoms with van der Waals surface area (Å²) < 4.78 is 4.62. The van der Waals surface area contributed by atoms with Crippen LogP contribution in [0.5, 0.6) is 5.75 Å². The van der Waals surface area contributed by atoms with Crippen LogP contribution in [0.4, 0.5) is 0 Å². The van der Waals surface area contributed by atoms with Gasteiger partial charge in [-0.3, -0.25) is 9.59 Å². The fourth-order valence-corrected chi connectivity index (χ4v) is 3.69. The van der Waals surface area contributed by atoms with Crippen molar-refractivity contribution in [3.8, 4) is 5.75 Å². The van der Waals surface area contributed by atoms with E-state index in [2.05, 4.69) is 15.4 Å². The summed E-state index contributed by atoms with van der Waals surface area (Å²) in [6.07, 6.45) is 0. The maximum absolute atomic E-state index is 12.6. The zero-order valence-corrected chi connectivity index (χ0v) is 17.1. The Kier molecular flexibility index (Phi) is 7.17. The summed E-state index contributed by atoms with van der Waals surface area (Å²) in [4.78, 5) is 37.4. The molecule has 1 heterocycles. The van der Waals surface area contributed by atoms with Crippen LogP contribution in [0.15, 0.2) is 30.3 Å². The van der Waals surface area contributed by atoms with Crippen molar-refractivity contribution in [2.24, 2.45) is 0 Å². The van der Waals surface area contributed by atoms with E-state index in [1.807, 2.05) is 13.8 Å². The highest BCUT2D eigenvalue weighted by Crippen LogP contribution is 2.29. The Labute approximate surface area is 167 Å². The molecule has 150 valence electrons. The van der Waals surface area contributed by atoms with E-state index in [4.69, 9.17) is 0 Å². The van der Waals surface area contributed by atoms with Crippen LogP contribution in [-0.4, -0.2) is 36.0 Å². The molecule has 1 aromatic carbocycles. The Morgan fingerprint density at radius 1 is 1.14 bits per heavy atom. The molecule has 1 unspecified atom stereocenters. The van der Waals surface area contributed by atoms with Gasteiger partial charge in [0.2, 0.25) is 0 Å². The van der Waals surface area contributed by atoms with Gasteiger partial charge >= 0.3 is 5.97 Å². The van der Waals surface area contributed by atoms with Gasteiger partial charge in [-0.2, -0.15) is 0 Å². The molecule has 28 heavy (non-hydrogen) atoms. The number of thiophene rings is 1. The number of carbonyl (C=O) groups is 3. The van der Waals surface area contributed by atoms with Gasteiger partial charge in [0.25, 0.3) is 11.8 Å². The van der Waals surface area contributed by atoms with E-state index in [1.165, 1.54) is 14.0 Å². The molecule has 0 radical (unpaired) electrons. The molecule has 0 saturated heterocycles. The molecule has 2 rings (SSSR count). The number of phenols is 1. The molecule has 0 spiro atoms. The molecule has 0 aliphatic rings. The number of aromatic hydroxyl groups is 1. The summed E-state index contributed by atoms with van der Waals surface area (Å²) >= 11 is 1.08. The van der Waals surface area contributed by atoms with Crippen LogP contribution in [-0.2, 0) is 16.1 Å². The maximum Gasteiger partial charge on any atom is 0.328 e. The minimum Gasteiger partial charge on any atom is -0.508 e. The number of carbonyl (C=O) groups excluding carboxylic acids is 3. The summed E-state index contributed by atoms with van der Waals surface area (Å²) in [7, 11) is 1.25. The standard InChI is InChI=1S/C20H24N2O5S/c1-11(2)15-9-16(18(24)21-10-13-6-5-7-14(23)8-13)28-17(15)19(25)22-12(3)20(26)27-4/h5-9,11-12,23H,10H2,1-4H3,(H,21,24)(H,22,25). The maximum atomic E-state index is 12.6. The van der Waals surface area contributed by atoms with Gasteiger partial charge < -0.3 is 20.5 Å². The number of hydrogen-bond acceptors (Lipinski definition) is 6. The Hall–Kier alpha value is -2.87. The molecule has 0 saturated carbocycles. The van der Waals surface area contributed by atoms with Crippen LogP contribution in [0.25, 0.3) is 0 Å². The van der Waals surface area contributed by atoms with E-state index in [0.717, 1.165) is 22.5 Å². The van der Waals surface area contributed by atoms with Crippen molar-refractivity contribution in [2.45, 2.75) is 39.3 Å². The summed E-state index contributed by atoms with van der Waals surface area (Å²) in [5, 5.41) is 14.9. The molecule has 3 N–H and O–H groups in total. The second-order valence-corrected chi connectivity index (χ2v) is 7.67. The van der Waals surface area contributed by atoms with Gasteiger partial charge in [0, 0.05) is 6.54 Å². The normalized spacial score (nSPS) is 11.8. The Morgan fingerprint density at radius 3 is 2.46 bits per heavy atom. The van der Waals surface area contributed by atoms with E-state index < -0.39 is 17.9 Å². The van der Waals surface area contributed by atoms with E-state index in [1.54, 1.807) is 30.3 Å². The van der Waals surface area contributed by atoms with Crippen LogP contribution >= 0.6 is 11.3 Å². The second kappa shape index (κ2) is 9.36. The van der Waals surface area contributed by atoms with Gasteiger partial charge in [-0.05, 0) is 42.2 Å². The van der Waals surface area contributed by atoms with E-state index in [9.17, 15) is 19.5 Å². The largest absolute Gasteiger partial charge is 0.508 e. The average Bonchev–Trinajstić information content (AvgIpc) is 3.11. The number of amides is 2. The minimum atomic E-state index is -0.789. The number of hydrogen-bond donors (Lipinski definition) is 3. The third kappa shape index (κ3) is 5.32. The zero-order chi connectivity index (χ0) is 20.8. The third-order valence-corrected chi connectivity index (χ3v) is 5.23. The molecule has 7 nitrogen and oxygen atoms in total. The average molecular weight is 404 g/mol. The Balaban J connectivity index is 2.15. The van der Waals surface area contributed by atoms with Crippen molar-refractivity contribution in [3.05, 3.63) is 51.2 Å². The molecule has 0 bridgehead atoms. The van der Waals surface area contributed by atoms with Crippen molar-refractivity contribution in [3.63, 3.8) is 0 Å². The Bertz CT molecular complexity index is 875. The minimum absolute atomic E-state index is 0.0260. The topological polar surface area (TPSA) is 105 Å². The van der Waals surface area contributed by atoms with Gasteiger partial charge in [0.05, 0.1) is 16.9 Å². The number of benzene rings is 1. The summed E-state index contributed by atoms with van der Waals surface area (Å²) in [5.41, 5.74) is 1.50. The summed E-state index contributed by atoms with van der Waals surface area (Å²) in [6.45, 7) is 5.65. The van der Waals surface area contributed by atoms with Crippen molar-refractivity contribution >= 4 is 29.1 Å².